The highest BCUT2D eigenvalue weighted by Gasteiger charge is 2.36. The van der Waals surface area contributed by atoms with E-state index in [2.05, 4.69) is 4.98 Å². The molecule has 1 atom stereocenters. The number of aromatic nitrogens is 1. The van der Waals surface area contributed by atoms with Crippen LogP contribution in [-0.4, -0.2) is 30.0 Å². The molecule has 26 heavy (non-hydrogen) atoms. The lowest BCUT2D eigenvalue weighted by molar-refractivity contribution is -0.147. The number of rotatable bonds is 4. The topological polar surface area (TPSA) is 59.5 Å². The van der Waals surface area contributed by atoms with Gasteiger partial charge in [-0.1, -0.05) is 24.3 Å². The van der Waals surface area contributed by atoms with E-state index >= 15 is 0 Å². The first-order valence-electron chi connectivity index (χ1n) is 8.58. The Balaban J connectivity index is 1.61. The van der Waals surface area contributed by atoms with Gasteiger partial charge in [-0.05, 0) is 31.2 Å². The third-order valence-corrected chi connectivity index (χ3v) is 5.53. The molecule has 0 aliphatic carbocycles. The third-order valence-electron chi connectivity index (χ3n) is 4.44. The minimum absolute atomic E-state index is 0.0514. The number of ether oxygens (including phenoxy) is 1. The van der Waals surface area contributed by atoms with Crippen molar-refractivity contribution in [2.75, 3.05) is 18.1 Å². The van der Waals surface area contributed by atoms with Crippen molar-refractivity contribution in [3.63, 3.8) is 0 Å². The average molecular weight is 366 g/mol. The molecule has 1 aromatic heterocycles. The number of anilines is 1. The Bertz CT molecular complexity index is 949. The molecule has 4 rings (SSSR count). The van der Waals surface area contributed by atoms with E-state index in [9.17, 15) is 9.59 Å². The minimum atomic E-state index is -0.395. The number of hydrogen-bond donors (Lipinski definition) is 0. The van der Waals surface area contributed by atoms with Gasteiger partial charge in [-0.3, -0.25) is 9.59 Å². The van der Waals surface area contributed by atoms with E-state index < -0.39 is 5.92 Å². The van der Waals surface area contributed by atoms with Gasteiger partial charge in [0.15, 0.2) is 0 Å². The van der Waals surface area contributed by atoms with E-state index in [4.69, 9.17) is 4.74 Å². The number of esters is 1. The van der Waals surface area contributed by atoms with Gasteiger partial charge in [0.2, 0.25) is 5.91 Å². The van der Waals surface area contributed by atoms with Crippen molar-refractivity contribution in [2.45, 2.75) is 13.3 Å². The predicted octanol–water partition coefficient (Wildman–Crippen LogP) is 3.88. The van der Waals surface area contributed by atoms with Crippen LogP contribution in [0.15, 0.2) is 48.5 Å². The molecule has 1 amide bonds. The number of benzene rings is 2. The van der Waals surface area contributed by atoms with Crippen molar-refractivity contribution in [2.24, 2.45) is 5.92 Å². The van der Waals surface area contributed by atoms with E-state index in [1.54, 1.807) is 23.2 Å². The summed E-state index contributed by atoms with van der Waals surface area (Å²) in [7, 11) is 0. The molecular formula is C20H18N2O3S. The van der Waals surface area contributed by atoms with Crippen LogP contribution in [0.25, 0.3) is 20.8 Å². The molecule has 0 saturated carbocycles. The van der Waals surface area contributed by atoms with Gasteiger partial charge in [0.05, 0.1) is 22.7 Å². The number of para-hydroxylation sites is 1. The molecule has 0 bridgehead atoms. The van der Waals surface area contributed by atoms with E-state index in [-0.39, 0.29) is 18.3 Å². The molecule has 0 N–H and O–H groups in total. The van der Waals surface area contributed by atoms with Crippen LogP contribution in [-0.2, 0) is 14.3 Å². The first-order chi connectivity index (χ1) is 12.7. The van der Waals surface area contributed by atoms with Crippen LogP contribution < -0.4 is 4.90 Å². The fourth-order valence-corrected chi connectivity index (χ4v) is 4.14. The summed E-state index contributed by atoms with van der Waals surface area (Å²) in [6, 6.07) is 15.8. The number of hydrogen-bond acceptors (Lipinski definition) is 5. The fraction of sp³-hybridized carbons (Fsp3) is 0.250. The Hall–Kier alpha value is -2.73. The highest BCUT2D eigenvalue weighted by atomic mass is 32.1. The van der Waals surface area contributed by atoms with Gasteiger partial charge in [-0.25, -0.2) is 4.98 Å². The zero-order valence-corrected chi connectivity index (χ0v) is 15.2. The lowest BCUT2D eigenvalue weighted by atomic mass is 10.1. The molecule has 1 saturated heterocycles. The van der Waals surface area contributed by atoms with Crippen molar-refractivity contribution >= 4 is 39.1 Å². The van der Waals surface area contributed by atoms with Crippen molar-refractivity contribution in [3.05, 3.63) is 48.5 Å². The van der Waals surface area contributed by atoms with Crippen LogP contribution in [0.2, 0.25) is 0 Å². The molecule has 2 aromatic carbocycles. The van der Waals surface area contributed by atoms with Gasteiger partial charge in [0.1, 0.15) is 5.01 Å². The molecule has 5 nitrogen and oxygen atoms in total. The van der Waals surface area contributed by atoms with Crippen LogP contribution in [0.1, 0.15) is 13.3 Å². The summed E-state index contributed by atoms with van der Waals surface area (Å²) < 4.78 is 6.19. The van der Waals surface area contributed by atoms with Crippen molar-refractivity contribution in [1.82, 2.24) is 4.98 Å². The Kier molecular flexibility index (Phi) is 4.42. The van der Waals surface area contributed by atoms with Crippen molar-refractivity contribution < 1.29 is 14.3 Å². The Morgan fingerprint density at radius 1 is 1.27 bits per heavy atom. The lowest BCUT2D eigenvalue weighted by Gasteiger charge is -2.17. The number of carbonyl (C=O) groups is 2. The van der Waals surface area contributed by atoms with Gasteiger partial charge >= 0.3 is 5.97 Å². The highest BCUT2D eigenvalue weighted by molar-refractivity contribution is 7.21. The maximum absolute atomic E-state index is 12.4. The summed E-state index contributed by atoms with van der Waals surface area (Å²) in [5.41, 5.74) is 2.73. The smallest absolute Gasteiger partial charge is 0.311 e. The second kappa shape index (κ2) is 6.88. The largest absolute Gasteiger partial charge is 0.466 e. The maximum atomic E-state index is 12.4. The quantitative estimate of drug-likeness (QED) is 0.658. The molecule has 6 heteroatoms. The molecule has 132 valence electrons. The van der Waals surface area contributed by atoms with Gasteiger partial charge in [0.25, 0.3) is 0 Å². The minimum Gasteiger partial charge on any atom is -0.466 e. The van der Waals surface area contributed by atoms with Crippen LogP contribution in [0.3, 0.4) is 0 Å². The monoisotopic (exact) mass is 366 g/mol. The summed E-state index contributed by atoms with van der Waals surface area (Å²) in [5, 5.41) is 0.918. The fourth-order valence-electron chi connectivity index (χ4n) is 3.18. The standard InChI is InChI=1S/C20H18N2O3S/c1-2-25-20(24)14-11-18(23)22(12-14)15-7-5-6-13(10-15)19-21-16-8-3-4-9-17(16)26-19/h3-10,14H,2,11-12H2,1H3/t14-/m0/s1. The molecule has 0 unspecified atom stereocenters. The molecule has 1 aliphatic heterocycles. The van der Waals surface area contributed by atoms with E-state index in [0.717, 1.165) is 26.5 Å². The third kappa shape index (κ3) is 3.08. The Morgan fingerprint density at radius 2 is 2.12 bits per heavy atom. The van der Waals surface area contributed by atoms with Crippen LogP contribution in [0, 0.1) is 5.92 Å². The Labute approximate surface area is 155 Å². The molecule has 3 aromatic rings. The van der Waals surface area contributed by atoms with E-state index in [1.165, 1.54) is 0 Å². The summed E-state index contributed by atoms with van der Waals surface area (Å²) in [4.78, 5) is 30.7. The number of carbonyl (C=O) groups excluding carboxylic acids is 2. The zero-order valence-electron chi connectivity index (χ0n) is 14.3. The van der Waals surface area contributed by atoms with E-state index in [1.807, 2.05) is 48.5 Å². The summed E-state index contributed by atoms with van der Waals surface area (Å²) in [6.45, 7) is 2.46. The number of fused-ring (bicyclic) bond motifs is 1. The summed E-state index contributed by atoms with van der Waals surface area (Å²) in [5.74, 6) is -0.747. The second-order valence-electron chi connectivity index (χ2n) is 6.19. The predicted molar refractivity (Wildman–Crippen MR) is 102 cm³/mol. The highest BCUT2D eigenvalue weighted by Crippen LogP contribution is 2.33. The van der Waals surface area contributed by atoms with Gasteiger partial charge in [0, 0.05) is 24.2 Å². The molecular weight excluding hydrogens is 348 g/mol. The molecule has 0 radical (unpaired) electrons. The van der Waals surface area contributed by atoms with Gasteiger partial charge < -0.3 is 9.64 Å². The zero-order chi connectivity index (χ0) is 18.1. The second-order valence-corrected chi connectivity index (χ2v) is 7.23. The van der Waals surface area contributed by atoms with Gasteiger partial charge in [-0.2, -0.15) is 0 Å². The lowest BCUT2D eigenvalue weighted by Crippen LogP contribution is -2.26. The van der Waals surface area contributed by atoms with E-state index in [0.29, 0.717) is 13.2 Å². The maximum Gasteiger partial charge on any atom is 0.311 e. The number of nitrogens with zero attached hydrogens (tertiary/aromatic N) is 2. The first kappa shape index (κ1) is 16.7. The Morgan fingerprint density at radius 3 is 2.92 bits per heavy atom. The van der Waals surface area contributed by atoms with Crippen molar-refractivity contribution in [3.8, 4) is 10.6 Å². The molecule has 2 heterocycles. The molecule has 1 fully saturated rings. The van der Waals surface area contributed by atoms with Crippen LogP contribution in [0.4, 0.5) is 5.69 Å². The number of thiazole rings is 1. The normalized spacial score (nSPS) is 17.0. The number of amides is 1. The molecule has 0 spiro atoms. The average Bonchev–Trinajstić information content (AvgIpc) is 3.25. The summed E-state index contributed by atoms with van der Waals surface area (Å²) >= 11 is 1.63. The van der Waals surface area contributed by atoms with Crippen molar-refractivity contribution in [1.29, 1.82) is 0 Å². The molecule has 1 aliphatic rings. The van der Waals surface area contributed by atoms with Crippen LogP contribution >= 0.6 is 11.3 Å². The van der Waals surface area contributed by atoms with Gasteiger partial charge in [-0.15, -0.1) is 11.3 Å². The summed E-state index contributed by atoms with van der Waals surface area (Å²) in [6.07, 6.45) is 0.199. The SMILES string of the molecule is CCOC(=O)[C@H]1CC(=O)N(c2cccc(-c3nc4ccccc4s3)c2)C1. The first-order valence-corrected chi connectivity index (χ1v) is 9.40. The van der Waals surface area contributed by atoms with Crippen LogP contribution in [0.5, 0.6) is 0 Å².